The molecule has 1 heterocycles. The Bertz CT molecular complexity index is 301. The number of nitrogens with zero attached hydrogens (tertiary/aromatic N) is 1. The first kappa shape index (κ1) is 14.8. The van der Waals surface area contributed by atoms with Crippen LogP contribution in [0.3, 0.4) is 0 Å². The molecule has 2 aliphatic carbocycles. The van der Waals surface area contributed by atoms with Crippen molar-refractivity contribution in [3.05, 3.63) is 0 Å². The van der Waals surface area contributed by atoms with Gasteiger partial charge in [-0.15, -0.1) is 0 Å². The largest absolute Gasteiger partial charge is 0.313 e. The van der Waals surface area contributed by atoms with Gasteiger partial charge < -0.3 is 5.32 Å². The van der Waals surface area contributed by atoms with Crippen molar-refractivity contribution >= 4 is 0 Å². The van der Waals surface area contributed by atoms with Crippen molar-refractivity contribution in [2.75, 3.05) is 19.6 Å². The fraction of sp³-hybridized carbons (Fsp3) is 1.00. The topological polar surface area (TPSA) is 15.3 Å². The molecule has 1 N–H and O–H groups in total. The van der Waals surface area contributed by atoms with Crippen LogP contribution in [0.4, 0.5) is 0 Å². The van der Waals surface area contributed by atoms with Crippen molar-refractivity contribution in [3.8, 4) is 0 Å². The summed E-state index contributed by atoms with van der Waals surface area (Å²) in [6, 6.07) is 1.68. The Kier molecular flexibility index (Phi) is 4.72. The molecule has 0 radical (unpaired) electrons. The molecule has 2 saturated carbocycles. The van der Waals surface area contributed by atoms with Crippen LogP contribution in [0.25, 0.3) is 0 Å². The molecule has 3 fully saturated rings. The van der Waals surface area contributed by atoms with Crippen LogP contribution in [0.2, 0.25) is 0 Å². The summed E-state index contributed by atoms with van der Waals surface area (Å²) in [5, 5.41) is 3.71. The van der Waals surface area contributed by atoms with Gasteiger partial charge in [0.05, 0.1) is 0 Å². The maximum absolute atomic E-state index is 3.71. The first-order valence-corrected chi connectivity index (χ1v) is 9.17. The Morgan fingerprint density at radius 3 is 2.40 bits per heavy atom. The Morgan fingerprint density at radius 1 is 1.05 bits per heavy atom. The summed E-state index contributed by atoms with van der Waals surface area (Å²) in [5.41, 5.74) is 0.728. The van der Waals surface area contributed by atoms with Crippen LogP contribution in [0.15, 0.2) is 0 Å². The van der Waals surface area contributed by atoms with Crippen molar-refractivity contribution < 1.29 is 0 Å². The average Bonchev–Trinajstić information content (AvgIpc) is 2.90. The predicted molar refractivity (Wildman–Crippen MR) is 86.0 cm³/mol. The molecule has 0 bridgehead atoms. The molecular weight excluding hydrogens is 244 g/mol. The third kappa shape index (κ3) is 3.06. The van der Waals surface area contributed by atoms with E-state index >= 15 is 0 Å². The molecule has 1 aliphatic heterocycles. The molecule has 0 amide bonds. The van der Waals surface area contributed by atoms with Crippen LogP contribution in [-0.2, 0) is 0 Å². The smallest absolute Gasteiger partial charge is 0.0195 e. The van der Waals surface area contributed by atoms with Crippen molar-refractivity contribution in [1.82, 2.24) is 10.2 Å². The zero-order valence-electron chi connectivity index (χ0n) is 13.7. The van der Waals surface area contributed by atoms with Gasteiger partial charge in [-0.3, -0.25) is 4.90 Å². The molecule has 116 valence electrons. The number of rotatable bonds is 5. The molecular formula is C18H34N2. The van der Waals surface area contributed by atoms with Crippen molar-refractivity contribution in [2.24, 2.45) is 11.3 Å². The Morgan fingerprint density at radius 2 is 1.85 bits per heavy atom. The lowest BCUT2D eigenvalue weighted by atomic mass is 9.56. The number of nitrogens with one attached hydrogen (secondary N) is 1. The number of hydrogen-bond donors (Lipinski definition) is 1. The fourth-order valence-corrected chi connectivity index (χ4v) is 5.08. The highest BCUT2D eigenvalue weighted by Gasteiger charge is 2.49. The van der Waals surface area contributed by atoms with Crippen LogP contribution >= 0.6 is 0 Å². The summed E-state index contributed by atoms with van der Waals surface area (Å²) >= 11 is 0. The lowest BCUT2D eigenvalue weighted by Gasteiger charge is -2.57. The van der Waals surface area contributed by atoms with Gasteiger partial charge in [0.2, 0.25) is 0 Å². The van der Waals surface area contributed by atoms with E-state index in [1.54, 1.807) is 0 Å². The normalized spacial score (nSPS) is 33.0. The van der Waals surface area contributed by atoms with Gasteiger partial charge >= 0.3 is 0 Å². The van der Waals surface area contributed by atoms with Crippen LogP contribution in [0.5, 0.6) is 0 Å². The van der Waals surface area contributed by atoms with Crippen LogP contribution < -0.4 is 5.32 Å². The van der Waals surface area contributed by atoms with Crippen molar-refractivity contribution in [1.29, 1.82) is 0 Å². The second-order valence-electron chi connectivity index (χ2n) is 8.12. The van der Waals surface area contributed by atoms with E-state index in [2.05, 4.69) is 24.1 Å². The first-order valence-electron chi connectivity index (χ1n) is 9.17. The van der Waals surface area contributed by atoms with Crippen LogP contribution in [0, 0.1) is 11.3 Å². The van der Waals surface area contributed by atoms with Gasteiger partial charge in [0.25, 0.3) is 0 Å². The molecule has 1 spiro atoms. The van der Waals surface area contributed by atoms with E-state index in [0.717, 1.165) is 23.4 Å². The van der Waals surface area contributed by atoms with Crippen molar-refractivity contribution in [3.63, 3.8) is 0 Å². The Balaban J connectivity index is 1.64. The van der Waals surface area contributed by atoms with E-state index in [-0.39, 0.29) is 0 Å². The zero-order chi connectivity index (χ0) is 14.0. The van der Waals surface area contributed by atoms with E-state index in [1.807, 2.05) is 0 Å². The minimum Gasteiger partial charge on any atom is -0.313 e. The maximum atomic E-state index is 3.71. The SMILES string of the molecule is CC(C)CN(CC1CCCN1)C1CCC12CCCCC2. The highest BCUT2D eigenvalue weighted by molar-refractivity contribution is 5.03. The fourth-order valence-electron chi connectivity index (χ4n) is 5.08. The standard InChI is InChI=1S/C18H34N2/c1-15(2)13-20(14-16-7-6-12-19-16)17-8-11-18(17)9-4-3-5-10-18/h15-17,19H,3-14H2,1-2H3. The molecule has 3 aliphatic rings. The predicted octanol–water partition coefficient (Wildman–Crippen LogP) is 3.81. The highest BCUT2D eigenvalue weighted by Crippen LogP contribution is 2.54. The lowest BCUT2D eigenvalue weighted by molar-refractivity contribution is -0.0594. The summed E-state index contributed by atoms with van der Waals surface area (Å²) in [6.45, 7) is 8.65. The maximum Gasteiger partial charge on any atom is 0.0195 e. The van der Waals surface area contributed by atoms with Gasteiger partial charge in [-0.25, -0.2) is 0 Å². The molecule has 1 saturated heterocycles. The summed E-state index contributed by atoms with van der Waals surface area (Å²) < 4.78 is 0. The zero-order valence-corrected chi connectivity index (χ0v) is 13.7. The molecule has 0 aromatic carbocycles. The van der Waals surface area contributed by atoms with Crippen LogP contribution in [0.1, 0.15) is 71.6 Å². The molecule has 2 nitrogen and oxygen atoms in total. The molecule has 2 atom stereocenters. The molecule has 0 aromatic rings. The van der Waals surface area contributed by atoms with E-state index in [1.165, 1.54) is 77.4 Å². The number of hydrogen-bond acceptors (Lipinski definition) is 2. The summed E-state index contributed by atoms with van der Waals surface area (Å²) in [6.07, 6.45) is 13.3. The minimum absolute atomic E-state index is 0.728. The summed E-state index contributed by atoms with van der Waals surface area (Å²) in [7, 11) is 0. The Hall–Kier alpha value is -0.0800. The molecule has 2 unspecified atom stereocenters. The van der Waals surface area contributed by atoms with E-state index in [9.17, 15) is 0 Å². The van der Waals surface area contributed by atoms with Gasteiger partial charge in [-0.2, -0.15) is 0 Å². The molecule has 20 heavy (non-hydrogen) atoms. The average molecular weight is 278 g/mol. The molecule has 3 rings (SSSR count). The summed E-state index contributed by atoms with van der Waals surface area (Å²) in [4.78, 5) is 2.89. The first-order chi connectivity index (χ1) is 9.70. The highest BCUT2D eigenvalue weighted by atomic mass is 15.2. The lowest BCUT2D eigenvalue weighted by Crippen LogP contribution is -2.58. The van der Waals surface area contributed by atoms with Gasteiger partial charge in [0.15, 0.2) is 0 Å². The van der Waals surface area contributed by atoms with E-state index < -0.39 is 0 Å². The van der Waals surface area contributed by atoms with Gasteiger partial charge in [0.1, 0.15) is 0 Å². The third-order valence-electron chi connectivity index (χ3n) is 6.13. The van der Waals surface area contributed by atoms with Crippen molar-refractivity contribution in [2.45, 2.75) is 83.7 Å². The second kappa shape index (κ2) is 6.36. The second-order valence-corrected chi connectivity index (χ2v) is 8.12. The van der Waals surface area contributed by atoms with Gasteiger partial charge in [-0.1, -0.05) is 33.1 Å². The summed E-state index contributed by atoms with van der Waals surface area (Å²) in [5.74, 6) is 0.803. The van der Waals surface area contributed by atoms with E-state index in [0.29, 0.717) is 0 Å². The Labute approximate surface area is 125 Å². The van der Waals surface area contributed by atoms with E-state index in [4.69, 9.17) is 0 Å². The monoisotopic (exact) mass is 278 g/mol. The quantitative estimate of drug-likeness (QED) is 0.822. The van der Waals surface area contributed by atoms with Gasteiger partial charge in [-0.05, 0) is 56.4 Å². The minimum atomic E-state index is 0.728. The molecule has 0 aromatic heterocycles. The van der Waals surface area contributed by atoms with Gasteiger partial charge in [0, 0.05) is 25.2 Å². The third-order valence-corrected chi connectivity index (χ3v) is 6.13. The molecule has 2 heteroatoms. The van der Waals surface area contributed by atoms with Crippen LogP contribution in [-0.4, -0.2) is 36.6 Å².